The van der Waals surface area contributed by atoms with Crippen molar-refractivity contribution in [3.05, 3.63) is 29.8 Å². The van der Waals surface area contributed by atoms with Crippen molar-refractivity contribution < 1.29 is 24.2 Å². The maximum Gasteiger partial charge on any atom is 0.408 e. The van der Waals surface area contributed by atoms with E-state index >= 15 is 0 Å². The predicted octanol–water partition coefficient (Wildman–Crippen LogP) is 3.50. The van der Waals surface area contributed by atoms with Crippen LogP contribution in [0.1, 0.15) is 73.4 Å². The monoisotopic (exact) mass is 435 g/mol. The molecule has 1 aromatic rings. The van der Waals surface area contributed by atoms with Crippen LogP contribution in [0.3, 0.4) is 0 Å². The third-order valence-corrected chi connectivity index (χ3v) is 4.39. The predicted molar refractivity (Wildman–Crippen MR) is 120 cm³/mol. The Labute approximate surface area is 185 Å². The van der Waals surface area contributed by atoms with E-state index in [1.165, 1.54) is 11.0 Å². The summed E-state index contributed by atoms with van der Waals surface area (Å²) in [6.45, 7) is 14.1. The van der Waals surface area contributed by atoms with Crippen molar-refractivity contribution in [1.29, 1.82) is 0 Å². The van der Waals surface area contributed by atoms with Crippen molar-refractivity contribution >= 4 is 17.9 Å². The van der Waals surface area contributed by atoms with Gasteiger partial charge < -0.3 is 25.4 Å². The number of aromatic hydroxyl groups is 1. The fraction of sp³-hybridized carbons (Fsp3) is 0.609. The number of phenols is 1. The molecule has 0 bridgehead atoms. The highest BCUT2D eigenvalue weighted by Crippen LogP contribution is 2.31. The van der Waals surface area contributed by atoms with Crippen LogP contribution in [0.2, 0.25) is 0 Å². The molecule has 0 radical (unpaired) electrons. The third-order valence-electron chi connectivity index (χ3n) is 4.39. The van der Waals surface area contributed by atoms with Crippen LogP contribution < -0.4 is 10.6 Å². The van der Waals surface area contributed by atoms with E-state index in [0.29, 0.717) is 12.0 Å². The van der Waals surface area contributed by atoms with Gasteiger partial charge in [0.25, 0.3) is 0 Å². The van der Waals surface area contributed by atoms with Gasteiger partial charge in [-0.05, 0) is 61.0 Å². The number of nitrogens with one attached hydrogen (secondary N) is 2. The second-order valence-electron chi connectivity index (χ2n) is 9.61. The highest BCUT2D eigenvalue weighted by atomic mass is 16.6. The Morgan fingerprint density at radius 3 is 2.16 bits per heavy atom. The first kappa shape index (κ1) is 26.3. The lowest BCUT2D eigenvalue weighted by molar-refractivity contribution is -0.143. The molecular formula is C23H37N3O5. The van der Waals surface area contributed by atoms with Crippen LogP contribution in [0.4, 0.5) is 4.79 Å². The fourth-order valence-electron chi connectivity index (χ4n) is 2.97. The van der Waals surface area contributed by atoms with Gasteiger partial charge in [0.15, 0.2) is 0 Å². The van der Waals surface area contributed by atoms with Gasteiger partial charge in [0, 0.05) is 17.1 Å². The molecule has 1 rings (SSSR count). The quantitative estimate of drug-likeness (QED) is 0.607. The highest BCUT2D eigenvalue weighted by Gasteiger charge is 2.37. The van der Waals surface area contributed by atoms with Crippen LogP contribution in [0.25, 0.3) is 0 Å². The summed E-state index contributed by atoms with van der Waals surface area (Å²) in [7, 11) is 0. The summed E-state index contributed by atoms with van der Waals surface area (Å²) in [5, 5.41) is 15.8. The Morgan fingerprint density at radius 1 is 1.10 bits per heavy atom. The number of phenolic OH excluding ortho intramolecular Hbond substituents is 1. The molecule has 0 aliphatic carbocycles. The average Bonchev–Trinajstić information content (AvgIpc) is 2.61. The number of para-hydroxylation sites is 1. The zero-order valence-electron chi connectivity index (χ0n) is 19.9. The van der Waals surface area contributed by atoms with Gasteiger partial charge in [-0.3, -0.25) is 9.59 Å². The van der Waals surface area contributed by atoms with Gasteiger partial charge in [-0.1, -0.05) is 25.1 Å². The number of benzene rings is 1. The van der Waals surface area contributed by atoms with Crippen LogP contribution in [-0.4, -0.2) is 51.6 Å². The van der Waals surface area contributed by atoms with Crippen molar-refractivity contribution in [3.8, 4) is 5.75 Å². The number of ether oxygens (including phenoxy) is 1. The number of hydrogen-bond acceptors (Lipinski definition) is 5. The molecule has 3 amide bonds. The van der Waals surface area contributed by atoms with Crippen LogP contribution in [0.5, 0.6) is 5.75 Å². The molecule has 0 saturated carbocycles. The van der Waals surface area contributed by atoms with Gasteiger partial charge in [0.1, 0.15) is 23.9 Å². The molecule has 2 unspecified atom stereocenters. The smallest absolute Gasteiger partial charge is 0.408 e. The number of alkyl carbamates (subject to hydrolysis) is 1. The minimum Gasteiger partial charge on any atom is -0.508 e. The summed E-state index contributed by atoms with van der Waals surface area (Å²) >= 11 is 0. The van der Waals surface area contributed by atoms with Gasteiger partial charge in [-0.15, -0.1) is 0 Å². The zero-order chi connectivity index (χ0) is 24.0. The Balaban J connectivity index is 3.29. The molecule has 2 atom stereocenters. The van der Waals surface area contributed by atoms with Gasteiger partial charge in [0.05, 0.1) is 0 Å². The molecule has 174 valence electrons. The summed E-state index contributed by atoms with van der Waals surface area (Å²) in [6.07, 6.45) is -0.145. The van der Waals surface area contributed by atoms with Crippen LogP contribution >= 0.6 is 0 Å². The molecule has 1 aromatic carbocycles. The highest BCUT2D eigenvalue weighted by molar-refractivity contribution is 5.91. The van der Waals surface area contributed by atoms with Crippen LogP contribution in [-0.2, 0) is 14.3 Å². The van der Waals surface area contributed by atoms with Crippen molar-refractivity contribution in [2.45, 2.75) is 85.0 Å². The maximum atomic E-state index is 13.3. The van der Waals surface area contributed by atoms with E-state index in [9.17, 15) is 19.5 Å². The van der Waals surface area contributed by atoms with E-state index in [1.807, 2.05) is 34.6 Å². The largest absolute Gasteiger partial charge is 0.508 e. The molecule has 3 N–H and O–H groups in total. The number of carbonyl (C=O) groups is 3. The topological polar surface area (TPSA) is 108 Å². The molecule has 0 saturated heterocycles. The van der Waals surface area contributed by atoms with Crippen LogP contribution in [0.15, 0.2) is 24.3 Å². The molecular weight excluding hydrogens is 398 g/mol. The number of hydrogen-bond donors (Lipinski definition) is 3. The number of nitrogens with zero attached hydrogens (tertiary/aromatic N) is 1. The van der Waals surface area contributed by atoms with Crippen molar-refractivity contribution in [2.75, 3.05) is 6.54 Å². The zero-order valence-corrected chi connectivity index (χ0v) is 19.9. The summed E-state index contributed by atoms with van der Waals surface area (Å²) in [5.74, 6) is -0.963. The molecule has 0 aliphatic rings. The SMILES string of the molecule is CCC(C)N(C(=O)CNC(=O)OC(C)(C)C)C(C(=O)NC(C)(C)C)c1ccccc1O. The molecule has 0 aromatic heterocycles. The molecule has 31 heavy (non-hydrogen) atoms. The lowest BCUT2D eigenvalue weighted by Crippen LogP contribution is -2.53. The van der Waals surface area contributed by atoms with Crippen molar-refractivity contribution in [2.24, 2.45) is 0 Å². The number of carbonyl (C=O) groups excluding carboxylic acids is 3. The van der Waals surface area contributed by atoms with Gasteiger partial charge >= 0.3 is 6.09 Å². The van der Waals surface area contributed by atoms with E-state index in [2.05, 4.69) is 10.6 Å². The molecule has 0 fully saturated rings. The molecule has 0 spiro atoms. The van der Waals surface area contributed by atoms with E-state index in [1.54, 1.807) is 39.0 Å². The first-order valence-corrected chi connectivity index (χ1v) is 10.5. The first-order valence-electron chi connectivity index (χ1n) is 10.5. The minimum absolute atomic E-state index is 0.0854. The van der Waals surface area contributed by atoms with E-state index in [0.717, 1.165) is 0 Å². The Hall–Kier alpha value is -2.77. The summed E-state index contributed by atoms with van der Waals surface area (Å²) < 4.78 is 5.19. The molecule has 0 aliphatic heterocycles. The lowest BCUT2D eigenvalue weighted by Gasteiger charge is -2.37. The molecule has 0 heterocycles. The first-order chi connectivity index (χ1) is 14.2. The fourth-order valence-corrected chi connectivity index (χ4v) is 2.97. The van der Waals surface area contributed by atoms with Gasteiger partial charge in [-0.2, -0.15) is 0 Å². The van der Waals surface area contributed by atoms with E-state index < -0.39 is 35.1 Å². The average molecular weight is 436 g/mol. The van der Waals surface area contributed by atoms with E-state index in [4.69, 9.17) is 4.74 Å². The molecule has 8 heteroatoms. The Kier molecular flexibility index (Phi) is 8.90. The molecule has 8 nitrogen and oxygen atoms in total. The second-order valence-corrected chi connectivity index (χ2v) is 9.61. The number of rotatable bonds is 7. The summed E-state index contributed by atoms with van der Waals surface area (Å²) in [6, 6.07) is 5.05. The minimum atomic E-state index is -1.07. The Bertz CT molecular complexity index is 780. The van der Waals surface area contributed by atoms with Gasteiger partial charge in [-0.25, -0.2) is 4.79 Å². The standard InChI is InChI=1S/C23H37N3O5/c1-9-15(2)26(18(28)14-24-21(30)31-23(6,7)8)19(20(29)25-22(3,4)5)16-12-10-11-13-17(16)27/h10-13,15,19,27H,9,14H2,1-8H3,(H,24,30)(H,25,29). The van der Waals surface area contributed by atoms with Crippen molar-refractivity contribution in [3.63, 3.8) is 0 Å². The third kappa shape index (κ3) is 8.47. The summed E-state index contributed by atoms with van der Waals surface area (Å²) in [4.78, 5) is 39.9. The Morgan fingerprint density at radius 2 is 1.68 bits per heavy atom. The normalized spacial score (nSPS) is 13.7. The second kappa shape index (κ2) is 10.5. The number of amides is 3. The van der Waals surface area contributed by atoms with Crippen LogP contribution in [0, 0.1) is 0 Å². The van der Waals surface area contributed by atoms with Gasteiger partial charge in [0.2, 0.25) is 11.8 Å². The maximum absolute atomic E-state index is 13.3. The van der Waals surface area contributed by atoms with Crippen molar-refractivity contribution in [1.82, 2.24) is 15.5 Å². The summed E-state index contributed by atoms with van der Waals surface area (Å²) in [5.41, 5.74) is -0.928. The van der Waals surface area contributed by atoms with E-state index in [-0.39, 0.29) is 18.3 Å². The lowest BCUT2D eigenvalue weighted by atomic mass is 9.98.